The Hall–Kier alpha value is -4.19. The number of benzene rings is 3. The van der Waals surface area contributed by atoms with E-state index in [0.717, 1.165) is 0 Å². The Kier molecular flexibility index (Phi) is 7.90. The van der Waals surface area contributed by atoms with Crippen molar-refractivity contribution in [2.45, 2.75) is 30.9 Å². The van der Waals surface area contributed by atoms with Gasteiger partial charge < -0.3 is 20.9 Å². The van der Waals surface area contributed by atoms with Crippen molar-refractivity contribution in [2.24, 2.45) is 0 Å². The van der Waals surface area contributed by atoms with E-state index >= 15 is 0 Å². The van der Waals surface area contributed by atoms with Crippen LogP contribution >= 0.6 is 0 Å². The summed E-state index contributed by atoms with van der Waals surface area (Å²) in [5.41, 5.74) is -2.99. The molecule has 0 bridgehead atoms. The van der Waals surface area contributed by atoms with E-state index in [1.165, 1.54) is 0 Å². The lowest BCUT2D eigenvalue weighted by molar-refractivity contribution is -0.147. The number of nitrogens with two attached hydrogens (primary N) is 2. The number of halogens is 15. The molecular formula is C23H11F15N2O2. The highest BCUT2D eigenvalue weighted by molar-refractivity contribution is 5.59. The number of hydrogen-bond donors (Lipinski definition) is 2. The molecule has 19 heteroatoms. The molecule has 0 atom stereocenters. The largest absolute Gasteiger partial charge is 0.456 e. The first-order valence-electron chi connectivity index (χ1n) is 10.5. The smallest absolute Gasteiger partial charge is 0.420 e. The molecule has 0 aliphatic rings. The van der Waals surface area contributed by atoms with Crippen LogP contribution in [0.25, 0.3) is 0 Å². The van der Waals surface area contributed by atoms with Gasteiger partial charge in [-0.3, -0.25) is 0 Å². The van der Waals surface area contributed by atoms with E-state index in [-0.39, 0.29) is 42.5 Å². The van der Waals surface area contributed by atoms with E-state index in [9.17, 15) is 65.9 Å². The van der Waals surface area contributed by atoms with Crippen molar-refractivity contribution in [1.29, 1.82) is 0 Å². The standard InChI is InChI=1S/C23H11F15N2O2/c24-19(25,26)11-7-10(41-17-12(20(27,28)29)3-8(39)4-13(17)21(30,31)32)1-2-16(11)42-18-14(22(33,34)35)5-9(40)6-15(18)23(36,37)38/h1-7H,39-40H2. The van der Waals surface area contributed by atoms with E-state index in [1.807, 2.05) is 0 Å². The van der Waals surface area contributed by atoms with Crippen LogP contribution in [0, 0.1) is 0 Å². The van der Waals surface area contributed by atoms with Gasteiger partial charge in [-0.05, 0) is 42.5 Å². The van der Waals surface area contributed by atoms with Gasteiger partial charge in [0.15, 0.2) is 11.5 Å². The molecule has 0 heterocycles. The maximum absolute atomic E-state index is 13.8. The fraction of sp³-hybridized carbons (Fsp3) is 0.217. The maximum atomic E-state index is 13.8. The van der Waals surface area contributed by atoms with Crippen LogP contribution in [0.2, 0.25) is 0 Å². The van der Waals surface area contributed by atoms with Crippen LogP contribution in [0.3, 0.4) is 0 Å². The molecule has 3 aromatic rings. The third-order valence-corrected chi connectivity index (χ3v) is 5.13. The van der Waals surface area contributed by atoms with E-state index in [0.29, 0.717) is 0 Å². The van der Waals surface area contributed by atoms with Gasteiger partial charge >= 0.3 is 30.9 Å². The van der Waals surface area contributed by atoms with Gasteiger partial charge in [-0.2, -0.15) is 65.9 Å². The van der Waals surface area contributed by atoms with Crippen molar-refractivity contribution < 1.29 is 75.3 Å². The van der Waals surface area contributed by atoms with Gasteiger partial charge in [-0.25, -0.2) is 0 Å². The lowest BCUT2D eigenvalue weighted by Crippen LogP contribution is -2.16. The predicted octanol–water partition coefficient (Wildman–Crippen LogP) is 9.53. The lowest BCUT2D eigenvalue weighted by Gasteiger charge is -2.22. The van der Waals surface area contributed by atoms with Crippen molar-refractivity contribution >= 4 is 11.4 Å². The van der Waals surface area contributed by atoms with Gasteiger partial charge in [0, 0.05) is 11.4 Å². The second-order valence-electron chi connectivity index (χ2n) is 8.24. The number of rotatable bonds is 4. The Balaban J connectivity index is 2.25. The molecule has 3 rings (SSSR count). The van der Waals surface area contributed by atoms with Crippen LogP contribution in [0.4, 0.5) is 77.2 Å². The van der Waals surface area contributed by atoms with Crippen LogP contribution in [-0.2, 0) is 30.9 Å². The van der Waals surface area contributed by atoms with Crippen LogP contribution < -0.4 is 20.9 Å². The first-order valence-corrected chi connectivity index (χ1v) is 10.5. The van der Waals surface area contributed by atoms with Crippen molar-refractivity contribution in [2.75, 3.05) is 11.5 Å². The summed E-state index contributed by atoms with van der Waals surface area (Å²) in [6.45, 7) is 0. The van der Waals surface area contributed by atoms with E-state index in [2.05, 4.69) is 9.47 Å². The SMILES string of the molecule is Nc1cc(C(F)(F)F)c(Oc2ccc(Oc3c(C(F)(F)F)cc(N)cc3C(F)(F)F)c(C(F)(F)F)c2)c(C(F)(F)F)c1. The molecule has 0 radical (unpaired) electrons. The molecule has 0 fully saturated rings. The molecule has 230 valence electrons. The highest BCUT2D eigenvalue weighted by Crippen LogP contribution is 2.51. The van der Waals surface area contributed by atoms with E-state index in [4.69, 9.17) is 11.5 Å². The van der Waals surface area contributed by atoms with Gasteiger partial charge in [0.05, 0.1) is 0 Å². The normalized spacial score (nSPS) is 13.3. The molecule has 0 aromatic heterocycles. The highest BCUT2D eigenvalue weighted by atomic mass is 19.4. The molecule has 0 aliphatic carbocycles. The first-order chi connectivity index (χ1) is 18.8. The Morgan fingerprint density at radius 3 is 1.02 bits per heavy atom. The molecule has 0 saturated heterocycles. The van der Waals surface area contributed by atoms with Crippen LogP contribution in [0.5, 0.6) is 23.0 Å². The second kappa shape index (κ2) is 10.3. The minimum absolute atomic E-state index is 0.00877. The van der Waals surface area contributed by atoms with Gasteiger partial charge in [-0.15, -0.1) is 0 Å². The fourth-order valence-electron chi connectivity index (χ4n) is 3.48. The number of nitrogen functional groups attached to an aromatic ring is 2. The highest BCUT2D eigenvalue weighted by Gasteiger charge is 2.45. The molecule has 0 spiro atoms. The quantitative estimate of drug-likeness (QED) is 0.222. The Bertz CT molecular complexity index is 1410. The van der Waals surface area contributed by atoms with Gasteiger partial charge in [0.1, 0.15) is 39.3 Å². The fourth-order valence-corrected chi connectivity index (χ4v) is 3.48. The van der Waals surface area contributed by atoms with Crippen molar-refractivity contribution in [3.05, 3.63) is 70.3 Å². The van der Waals surface area contributed by atoms with E-state index in [1.54, 1.807) is 0 Å². The zero-order valence-electron chi connectivity index (χ0n) is 19.7. The minimum atomic E-state index is -5.71. The summed E-state index contributed by atoms with van der Waals surface area (Å²) in [7, 11) is 0. The zero-order chi connectivity index (χ0) is 32.2. The third-order valence-electron chi connectivity index (χ3n) is 5.13. The topological polar surface area (TPSA) is 70.5 Å². The molecule has 4 nitrogen and oxygen atoms in total. The number of anilines is 2. The Labute approximate surface area is 223 Å². The molecule has 0 saturated carbocycles. The second-order valence-corrected chi connectivity index (χ2v) is 8.24. The molecule has 0 aliphatic heterocycles. The Morgan fingerprint density at radius 2 is 0.714 bits per heavy atom. The summed E-state index contributed by atoms with van der Waals surface area (Å²) in [5.74, 6) is -7.34. The van der Waals surface area contributed by atoms with Crippen molar-refractivity contribution in [3.8, 4) is 23.0 Å². The molecular weight excluding hydrogens is 621 g/mol. The maximum Gasteiger partial charge on any atom is 0.420 e. The minimum Gasteiger partial charge on any atom is -0.456 e. The summed E-state index contributed by atoms with van der Waals surface area (Å²) in [6.07, 6.45) is -28.2. The van der Waals surface area contributed by atoms with Crippen LogP contribution in [-0.4, -0.2) is 0 Å². The number of ether oxygens (including phenoxy) is 2. The molecule has 0 unspecified atom stereocenters. The monoisotopic (exact) mass is 632 g/mol. The van der Waals surface area contributed by atoms with Crippen molar-refractivity contribution in [1.82, 2.24) is 0 Å². The zero-order valence-corrected chi connectivity index (χ0v) is 19.7. The Morgan fingerprint density at radius 1 is 0.405 bits per heavy atom. The molecule has 4 N–H and O–H groups in total. The molecule has 3 aromatic carbocycles. The first kappa shape index (κ1) is 32.3. The summed E-state index contributed by atoms with van der Waals surface area (Å²) in [4.78, 5) is 0. The van der Waals surface area contributed by atoms with Crippen LogP contribution in [0.15, 0.2) is 42.5 Å². The molecule has 0 amide bonds. The number of alkyl halides is 15. The number of hydrogen-bond acceptors (Lipinski definition) is 4. The lowest BCUT2D eigenvalue weighted by atomic mass is 10.1. The van der Waals surface area contributed by atoms with Crippen molar-refractivity contribution in [3.63, 3.8) is 0 Å². The average molecular weight is 632 g/mol. The summed E-state index contributed by atoms with van der Waals surface area (Å²) < 4.78 is 212. The average Bonchev–Trinajstić information content (AvgIpc) is 2.78. The third kappa shape index (κ3) is 6.99. The molecule has 42 heavy (non-hydrogen) atoms. The summed E-state index contributed by atoms with van der Waals surface area (Å²) in [6, 6.07) is -0.173. The summed E-state index contributed by atoms with van der Waals surface area (Å²) >= 11 is 0. The van der Waals surface area contributed by atoms with Gasteiger partial charge in [0.2, 0.25) is 0 Å². The van der Waals surface area contributed by atoms with E-state index < -0.39 is 93.1 Å². The van der Waals surface area contributed by atoms with Gasteiger partial charge in [-0.1, -0.05) is 0 Å². The predicted molar refractivity (Wildman–Crippen MR) is 113 cm³/mol. The summed E-state index contributed by atoms with van der Waals surface area (Å²) in [5, 5.41) is 0. The van der Waals surface area contributed by atoms with Gasteiger partial charge in [0.25, 0.3) is 0 Å². The van der Waals surface area contributed by atoms with Crippen LogP contribution in [0.1, 0.15) is 27.8 Å².